The highest BCUT2D eigenvalue weighted by molar-refractivity contribution is 5.94. The Morgan fingerprint density at radius 1 is 1.33 bits per heavy atom. The number of hydrogen-bond donors (Lipinski definition) is 2. The topological polar surface area (TPSA) is 123 Å². The number of nitrogens with one attached hydrogen (secondary N) is 1. The summed E-state index contributed by atoms with van der Waals surface area (Å²) in [4.78, 5) is 19.0. The molecular formula is C15H13N5O4. The summed E-state index contributed by atoms with van der Waals surface area (Å²) in [5.74, 6) is 0.162. The Hall–Kier alpha value is -3.49. The first-order valence-electron chi connectivity index (χ1n) is 6.88. The van der Waals surface area contributed by atoms with Gasteiger partial charge < -0.3 is 19.6 Å². The van der Waals surface area contributed by atoms with E-state index in [2.05, 4.69) is 25.5 Å². The summed E-state index contributed by atoms with van der Waals surface area (Å²) in [5.41, 5.74) is 1.03. The van der Waals surface area contributed by atoms with Gasteiger partial charge in [-0.05, 0) is 12.1 Å². The highest BCUT2D eigenvalue weighted by Crippen LogP contribution is 2.37. The van der Waals surface area contributed by atoms with Gasteiger partial charge in [-0.15, -0.1) is 10.2 Å². The molecule has 9 heteroatoms. The van der Waals surface area contributed by atoms with Crippen LogP contribution in [0.5, 0.6) is 5.75 Å². The molecule has 0 unspecified atom stereocenters. The monoisotopic (exact) mass is 327 g/mol. The number of anilines is 2. The molecular weight excluding hydrogens is 314 g/mol. The van der Waals surface area contributed by atoms with Crippen molar-refractivity contribution in [3.8, 4) is 17.2 Å². The quantitative estimate of drug-likeness (QED) is 0.726. The summed E-state index contributed by atoms with van der Waals surface area (Å²) in [7, 11) is 1.49. The van der Waals surface area contributed by atoms with E-state index in [9.17, 15) is 9.90 Å². The fourth-order valence-electron chi connectivity index (χ4n) is 2.14. The van der Waals surface area contributed by atoms with Crippen LogP contribution in [-0.2, 0) is 0 Å². The highest BCUT2D eigenvalue weighted by Gasteiger charge is 2.18. The molecule has 2 aromatic heterocycles. The number of carboxylic acid groups (broad SMARTS) is 1. The molecule has 0 spiro atoms. The van der Waals surface area contributed by atoms with Crippen molar-refractivity contribution in [3.63, 3.8) is 0 Å². The molecule has 0 atom stereocenters. The Labute approximate surface area is 136 Å². The number of methoxy groups -OCH3 is 1. The summed E-state index contributed by atoms with van der Waals surface area (Å²) in [6.45, 7) is 1.69. The van der Waals surface area contributed by atoms with Crippen molar-refractivity contribution in [1.29, 1.82) is 0 Å². The van der Waals surface area contributed by atoms with Gasteiger partial charge in [0.1, 0.15) is 17.7 Å². The zero-order chi connectivity index (χ0) is 17.1. The van der Waals surface area contributed by atoms with Crippen molar-refractivity contribution in [2.45, 2.75) is 6.92 Å². The van der Waals surface area contributed by atoms with Crippen molar-refractivity contribution < 1.29 is 19.1 Å². The molecule has 0 aliphatic rings. The maximum atomic E-state index is 11.3. The van der Waals surface area contributed by atoms with Crippen molar-refractivity contribution in [1.82, 2.24) is 20.2 Å². The number of para-hydroxylation sites is 1. The van der Waals surface area contributed by atoms with E-state index in [1.165, 1.54) is 19.6 Å². The van der Waals surface area contributed by atoms with Gasteiger partial charge in [-0.2, -0.15) is 0 Å². The molecule has 122 valence electrons. The molecule has 0 fully saturated rings. The van der Waals surface area contributed by atoms with Gasteiger partial charge in [0.2, 0.25) is 5.89 Å². The van der Waals surface area contributed by atoms with Gasteiger partial charge in [0, 0.05) is 13.1 Å². The van der Waals surface area contributed by atoms with Gasteiger partial charge in [0.25, 0.3) is 5.89 Å². The van der Waals surface area contributed by atoms with Crippen LogP contribution in [0.1, 0.15) is 16.2 Å². The van der Waals surface area contributed by atoms with Gasteiger partial charge in [-0.25, -0.2) is 14.8 Å². The Bertz CT molecular complexity index is 893. The lowest BCUT2D eigenvalue weighted by Crippen LogP contribution is -2.06. The van der Waals surface area contributed by atoms with Crippen LogP contribution in [0.25, 0.3) is 11.5 Å². The third-order valence-electron chi connectivity index (χ3n) is 3.17. The molecule has 0 radical (unpaired) electrons. The second-order valence-corrected chi connectivity index (χ2v) is 4.73. The first-order chi connectivity index (χ1) is 11.6. The molecule has 0 aliphatic heterocycles. The van der Waals surface area contributed by atoms with E-state index in [0.29, 0.717) is 28.8 Å². The maximum Gasteiger partial charge on any atom is 0.341 e. The Kier molecular flexibility index (Phi) is 4.06. The number of carboxylic acids is 1. The van der Waals surface area contributed by atoms with Crippen molar-refractivity contribution in [2.24, 2.45) is 0 Å². The molecule has 3 aromatic rings. The molecule has 0 amide bonds. The van der Waals surface area contributed by atoms with Crippen LogP contribution in [-0.4, -0.2) is 38.4 Å². The van der Waals surface area contributed by atoms with Gasteiger partial charge in [-0.3, -0.25) is 0 Å². The van der Waals surface area contributed by atoms with Gasteiger partial charge in [-0.1, -0.05) is 6.07 Å². The predicted molar refractivity (Wildman–Crippen MR) is 83.3 cm³/mol. The molecule has 2 N–H and O–H groups in total. The predicted octanol–water partition coefficient (Wildman–Crippen LogP) is 2.29. The molecule has 2 heterocycles. The smallest absolute Gasteiger partial charge is 0.341 e. The number of carbonyl (C=O) groups is 1. The minimum atomic E-state index is -1.14. The molecule has 9 nitrogen and oxygen atoms in total. The van der Waals surface area contributed by atoms with Crippen LogP contribution >= 0.6 is 0 Å². The molecule has 0 aliphatic carbocycles. The van der Waals surface area contributed by atoms with Crippen LogP contribution in [0.4, 0.5) is 11.5 Å². The summed E-state index contributed by atoms with van der Waals surface area (Å²) in [6, 6.07) is 5.23. The molecule has 24 heavy (non-hydrogen) atoms. The minimum absolute atomic E-state index is 0.0569. The number of aromatic carboxylic acids is 1. The number of aryl methyl sites for hydroxylation is 1. The average Bonchev–Trinajstić information content (AvgIpc) is 3.01. The van der Waals surface area contributed by atoms with Gasteiger partial charge in [0.05, 0.1) is 18.4 Å². The number of ether oxygens (including phenoxy) is 1. The third kappa shape index (κ3) is 2.86. The second kappa shape index (κ2) is 6.32. The maximum absolute atomic E-state index is 11.3. The Morgan fingerprint density at radius 2 is 2.17 bits per heavy atom. The van der Waals surface area contributed by atoms with E-state index in [-0.39, 0.29) is 11.4 Å². The van der Waals surface area contributed by atoms with Gasteiger partial charge >= 0.3 is 5.97 Å². The molecule has 3 rings (SSSR count). The summed E-state index contributed by atoms with van der Waals surface area (Å²) < 4.78 is 10.9. The van der Waals surface area contributed by atoms with Crippen LogP contribution in [0.3, 0.4) is 0 Å². The van der Waals surface area contributed by atoms with Crippen LogP contribution in [0.2, 0.25) is 0 Å². The zero-order valence-electron chi connectivity index (χ0n) is 12.8. The van der Waals surface area contributed by atoms with E-state index in [1.54, 1.807) is 25.1 Å². The van der Waals surface area contributed by atoms with E-state index >= 15 is 0 Å². The average molecular weight is 327 g/mol. The third-order valence-corrected chi connectivity index (χ3v) is 3.17. The summed E-state index contributed by atoms with van der Waals surface area (Å²) in [5, 5.41) is 19.9. The highest BCUT2D eigenvalue weighted by atomic mass is 16.5. The second-order valence-electron chi connectivity index (χ2n) is 4.73. The van der Waals surface area contributed by atoms with Crippen molar-refractivity contribution in [3.05, 3.63) is 42.2 Å². The van der Waals surface area contributed by atoms with E-state index < -0.39 is 5.97 Å². The van der Waals surface area contributed by atoms with Crippen molar-refractivity contribution in [2.75, 3.05) is 12.4 Å². The number of rotatable bonds is 5. The van der Waals surface area contributed by atoms with E-state index in [4.69, 9.17) is 9.15 Å². The molecule has 0 saturated carbocycles. The van der Waals surface area contributed by atoms with E-state index in [1.807, 2.05) is 0 Å². The SMILES string of the molecule is COc1c(Nc2ncncc2C(=O)O)cccc1-c1nnc(C)o1. The lowest BCUT2D eigenvalue weighted by molar-refractivity contribution is 0.0697. The normalized spacial score (nSPS) is 10.4. The number of nitrogens with zero attached hydrogens (tertiary/aromatic N) is 4. The fourth-order valence-corrected chi connectivity index (χ4v) is 2.14. The largest absolute Gasteiger partial charge is 0.494 e. The van der Waals surface area contributed by atoms with Crippen LogP contribution in [0.15, 0.2) is 35.1 Å². The molecule has 0 saturated heterocycles. The number of benzene rings is 1. The lowest BCUT2D eigenvalue weighted by atomic mass is 10.1. The van der Waals surface area contributed by atoms with Crippen molar-refractivity contribution >= 4 is 17.5 Å². The zero-order valence-corrected chi connectivity index (χ0v) is 12.8. The number of aromatic nitrogens is 4. The summed E-state index contributed by atoms with van der Waals surface area (Å²) in [6.07, 6.45) is 2.47. The lowest BCUT2D eigenvalue weighted by Gasteiger charge is -2.13. The summed E-state index contributed by atoms with van der Waals surface area (Å²) >= 11 is 0. The first kappa shape index (κ1) is 15.4. The molecule has 1 aromatic carbocycles. The fraction of sp³-hybridized carbons (Fsp3) is 0.133. The Morgan fingerprint density at radius 3 is 2.83 bits per heavy atom. The van der Waals surface area contributed by atoms with Crippen LogP contribution in [0, 0.1) is 6.92 Å². The number of hydrogen-bond acceptors (Lipinski definition) is 8. The standard InChI is InChI=1S/C15H13N5O4/c1-8-19-20-14(24-8)9-4-3-5-11(12(9)23-2)18-13-10(15(21)22)6-16-7-17-13/h3-7H,1-2H3,(H,21,22)(H,16,17,18). The first-order valence-corrected chi connectivity index (χ1v) is 6.88. The van der Waals surface area contributed by atoms with Gasteiger partial charge in [0.15, 0.2) is 5.75 Å². The molecule has 0 bridgehead atoms. The van der Waals surface area contributed by atoms with E-state index in [0.717, 1.165) is 0 Å². The minimum Gasteiger partial charge on any atom is -0.494 e. The van der Waals surface area contributed by atoms with Crippen LogP contribution < -0.4 is 10.1 Å². The Balaban J connectivity index is 2.05.